The molecule has 0 heterocycles. The van der Waals surface area contributed by atoms with Crippen LogP contribution >= 0.6 is 11.8 Å². The number of rotatable bonds is 4. The molecule has 0 saturated heterocycles. The summed E-state index contributed by atoms with van der Waals surface area (Å²) in [4.78, 5) is 11.5. The van der Waals surface area contributed by atoms with Crippen LogP contribution in [-0.4, -0.2) is 23.7 Å². The Hall–Kier alpha value is -1.44. The van der Waals surface area contributed by atoms with E-state index in [4.69, 9.17) is 5.73 Å². The molecule has 3 nitrogen and oxygen atoms in total. The Kier molecular flexibility index (Phi) is 4.83. The highest BCUT2D eigenvalue weighted by molar-refractivity contribution is 8.00. The minimum absolute atomic E-state index is 0.103. The summed E-state index contributed by atoms with van der Waals surface area (Å²) in [5.74, 6) is -1.53. The van der Waals surface area contributed by atoms with Crippen molar-refractivity contribution in [2.45, 2.75) is 5.51 Å². The van der Waals surface area contributed by atoms with Crippen LogP contribution in [0, 0.1) is 5.82 Å². The highest BCUT2D eigenvalue weighted by Crippen LogP contribution is 2.29. The van der Waals surface area contributed by atoms with E-state index in [0.717, 1.165) is 12.1 Å². The van der Waals surface area contributed by atoms with Gasteiger partial charge in [0.25, 0.3) is 5.91 Å². The molecular weight excluding hydrogens is 272 g/mol. The average molecular weight is 282 g/mol. The molecule has 0 spiro atoms. The lowest BCUT2D eigenvalue weighted by Gasteiger charge is -2.07. The number of hydrogen-bond donors (Lipinski definition) is 2. The van der Waals surface area contributed by atoms with Crippen LogP contribution in [0.2, 0.25) is 0 Å². The van der Waals surface area contributed by atoms with Gasteiger partial charge in [-0.1, -0.05) is 0 Å². The molecule has 0 radical (unpaired) electrons. The van der Waals surface area contributed by atoms with Crippen LogP contribution in [0.4, 0.5) is 23.2 Å². The number of carbonyl (C=O) groups is 1. The number of thioether (sulfide) groups is 1. The van der Waals surface area contributed by atoms with Crippen molar-refractivity contribution in [1.82, 2.24) is 5.32 Å². The van der Waals surface area contributed by atoms with E-state index in [0.29, 0.717) is 0 Å². The Labute approximate surface area is 105 Å². The van der Waals surface area contributed by atoms with Crippen molar-refractivity contribution >= 4 is 23.4 Å². The van der Waals surface area contributed by atoms with Gasteiger partial charge < -0.3 is 11.1 Å². The molecule has 3 N–H and O–H groups in total. The van der Waals surface area contributed by atoms with Crippen molar-refractivity contribution in [3.8, 4) is 0 Å². The summed E-state index contributed by atoms with van der Waals surface area (Å²) in [6, 6.07) is 3.36. The molecule has 1 aromatic rings. The van der Waals surface area contributed by atoms with Gasteiger partial charge in [0.2, 0.25) is 0 Å². The van der Waals surface area contributed by atoms with E-state index in [1.807, 2.05) is 0 Å². The lowest BCUT2D eigenvalue weighted by Crippen LogP contribution is -2.26. The Bertz CT molecular complexity index is 436. The lowest BCUT2D eigenvalue weighted by molar-refractivity contribution is -0.0327. The normalized spacial score (nSPS) is 11.3. The van der Waals surface area contributed by atoms with E-state index in [1.165, 1.54) is 6.07 Å². The quantitative estimate of drug-likeness (QED) is 0.506. The van der Waals surface area contributed by atoms with E-state index in [-0.39, 0.29) is 35.3 Å². The summed E-state index contributed by atoms with van der Waals surface area (Å²) in [6.45, 7) is -0.139. The third kappa shape index (κ3) is 4.82. The maximum atomic E-state index is 12.8. The van der Waals surface area contributed by atoms with Gasteiger partial charge >= 0.3 is 5.51 Å². The van der Waals surface area contributed by atoms with Gasteiger partial charge in [-0.25, -0.2) is 4.39 Å². The molecule has 0 fully saturated rings. The monoisotopic (exact) mass is 282 g/mol. The lowest BCUT2D eigenvalue weighted by atomic mass is 10.2. The number of amides is 1. The molecule has 0 aromatic heterocycles. The highest BCUT2D eigenvalue weighted by atomic mass is 32.2. The number of halogens is 4. The van der Waals surface area contributed by atoms with E-state index >= 15 is 0 Å². The zero-order valence-electron chi connectivity index (χ0n) is 9.05. The fraction of sp³-hybridized carbons (Fsp3) is 0.300. The van der Waals surface area contributed by atoms with Crippen molar-refractivity contribution in [2.24, 2.45) is 0 Å². The van der Waals surface area contributed by atoms with E-state index < -0.39 is 17.2 Å². The Morgan fingerprint density at radius 2 is 2.06 bits per heavy atom. The number of hydrogen-bond acceptors (Lipinski definition) is 3. The fourth-order valence-electron chi connectivity index (χ4n) is 1.12. The Balaban J connectivity index is 2.43. The molecular formula is C10H10F4N2OS. The van der Waals surface area contributed by atoms with Gasteiger partial charge in [-0.15, -0.1) is 0 Å². The zero-order valence-corrected chi connectivity index (χ0v) is 9.87. The van der Waals surface area contributed by atoms with Gasteiger partial charge in [0.15, 0.2) is 0 Å². The van der Waals surface area contributed by atoms with Gasteiger partial charge in [0.1, 0.15) is 5.82 Å². The van der Waals surface area contributed by atoms with Crippen LogP contribution in [0.5, 0.6) is 0 Å². The minimum Gasteiger partial charge on any atom is -0.396 e. The SMILES string of the molecule is Nc1cc(C(=O)NCCSC(F)(F)F)ccc1F. The molecule has 100 valence electrons. The van der Waals surface area contributed by atoms with Gasteiger partial charge in [0.05, 0.1) is 5.69 Å². The summed E-state index contributed by atoms with van der Waals surface area (Å²) >= 11 is -0.223. The summed E-state index contributed by atoms with van der Waals surface area (Å²) < 4.78 is 48.2. The molecule has 0 unspecified atom stereocenters. The predicted molar refractivity (Wildman–Crippen MR) is 61.7 cm³/mol. The van der Waals surface area contributed by atoms with Gasteiger partial charge in [0, 0.05) is 17.9 Å². The second-order valence-electron chi connectivity index (χ2n) is 3.29. The van der Waals surface area contributed by atoms with Gasteiger partial charge in [-0.2, -0.15) is 13.2 Å². The summed E-state index contributed by atoms with van der Waals surface area (Å²) in [5, 5.41) is 2.28. The third-order valence-electron chi connectivity index (χ3n) is 1.91. The molecule has 1 amide bonds. The standard InChI is InChI=1S/C10H10F4N2OS/c11-7-2-1-6(5-8(7)15)9(17)16-3-4-18-10(12,13)14/h1-2,5H,3-4,15H2,(H,16,17). The van der Waals surface area contributed by atoms with Crippen LogP contribution in [0.3, 0.4) is 0 Å². The number of alkyl halides is 3. The number of benzene rings is 1. The Morgan fingerprint density at radius 1 is 1.39 bits per heavy atom. The molecule has 0 saturated carbocycles. The molecule has 0 aliphatic rings. The van der Waals surface area contributed by atoms with Gasteiger partial charge in [-0.3, -0.25) is 4.79 Å². The minimum atomic E-state index is -4.31. The van der Waals surface area contributed by atoms with Crippen molar-refractivity contribution in [1.29, 1.82) is 0 Å². The number of nitrogens with two attached hydrogens (primary N) is 1. The number of nitrogens with one attached hydrogen (secondary N) is 1. The molecule has 1 rings (SSSR count). The third-order valence-corrected chi connectivity index (χ3v) is 2.65. The van der Waals surface area contributed by atoms with E-state index in [1.54, 1.807) is 0 Å². The molecule has 1 aromatic carbocycles. The summed E-state index contributed by atoms with van der Waals surface area (Å²) in [5.41, 5.74) is 0.863. The summed E-state index contributed by atoms with van der Waals surface area (Å²) in [6.07, 6.45) is 0. The van der Waals surface area contributed by atoms with Crippen LogP contribution in [0.25, 0.3) is 0 Å². The first-order valence-electron chi connectivity index (χ1n) is 4.83. The first-order valence-corrected chi connectivity index (χ1v) is 5.82. The highest BCUT2D eigenvalue weighted by Gasteiger charge is 2.27. The van der Waals surface area contributed by atoms with E-state index in [2.05, 4.69) is 5.32 Å². The van der Waals surface area contributed by atoms with Crippen molar-refractivity contribution in [2.75, 3.05) is 18.0 Å². The molecule has 0 bridgehead atoms. The van der Waals surface area contributed by atoms with Crippen LogP contribution in [-0.2, 0) is 0 Å². The van der Waals surface area contributed by atoms with Crippen LogP contribution in [0.1, 0.15) is 10.4 Å². The Morgan fingerprint density at radius 3 is 2.61 bits per heavy atom. The first kappa shape index (κ1) is 14.6. The van der Waals surface area contributed by atoms with Crippen LogP contribution in [0.15, 0.2) is 18.2 Å². The maximum Gasteiger partial charge on any atom is 0.441 e. The second-order valence-corrected chi connectivity index (χ2v) is 4.45. The largest absolute Gasteiger partial charge is 0.441 e. The average Bonchev–Trinajstić information content (AvgIpc) is 2.26. The van der Waals surface area contributed by atoms with Crippen LogP contribution < -0.4 is 11.1 Å². The summed E-state index contributed by atoms with van der Waals surface area (Å²) in [7, 11) is 0. The topological polar surface area (TPSA) is 55.1 Å². The molecule has 0 atom stereocenters. The molecule has 8 heteroatoms. The van der Waals surface area contributed by atoms with Crippen molar-refractivity contribution in [3.63, 3.8) is 0 Å². The molecule has 18 heavy (non-hydrogen) atoms. The fourth-order valence-corrected chi connectivity index (χ4v) is 1.55. The van der Waals surface area contributed by atoms with E-state index in [9.17, 15) is 22.4 Å². The smallest absolute Gasteiger partial charge is 0.396 e. The van der Waals surface area contributed by atoms with Gasteiger partial charge in [-0.05, 0) is 30.0 Å². The second kappa shape index (κ2) is 5.94. The number of carbonyl (C=O) groups excluding carboxylic acids is 1. The first-order chi connectivity index (χ1) is 8.29. The zero-order chi connectivity index (χ0) is 13.8. The molecule has 0 aliphatic heterocycles. The number of anilines is 1. The van der Waals surface area contributed by atoms with Crippen molar-refractivity contribution < 1.29 is 22.4 Å². The number of nitrogen functional groups attached to an aromatic ring is 1. The molecule has 0 aliphatic carbocycles. The van der Waals surface area contributed by atoms with Crippen molar-refractivity contribution in [3.05, 3.63) is 29.6 Å². The predicted octanol–water partition coefficient (Wildman–Crippen LogP) is 2.39. The maximum absolute atomic E-state index is 12.8.